The summed E-state index contributed by atoms with van der Waals surface area (Å²) in [6.07, 6.45) is 5.87. The quantitative estimate of drug-likeness (QED) is 0.516. The number of carbonyl (C=O) groups excluding carboxylic acids is 2. The molecule has 0 fully saturated rings. The van der Waals surface area contributed by atoms with E-state index in [0.29, 0.717) is 19.4 Å². The molecule has 0 heterocycles. The van der Waals surface area contributed by atoms with Crippen molar-refractivity contribution in [1.29, 1.82) is 0 Å². The lowest BCUT2D eigenvalue weighted by Crippen LogP contribution is -2.22. The Hall–Kier alpha value is -2.36. The first-order valence-corrected chi connectivity index (χ1v) is 9.01. The lowest BCUT2D eigenvalue weighted by molar-refractivity contribution is -0.140. The molecule has 0 atom stereocenters. The fourth-order valence-corrected chi connectivity index (χ4v) is 2.92. The lowest BCUT2D eigenvalue weighted by Gasteiger charge is -2.08. The number of esters is 1. The summed E-state index contributed by atoms with van der Waals surface area (Å²) in [6, 6.07) is 14.4. The van der Waals surface area contributed by atoms with E-state index in [1.165, 1.54) is 17.9 Å². The van der Waals surface area contributed by atoms with Crippen LogP contribution in [0.3, 0.4) is 0 Å². The Bertz CT molecular complexity index is 691. The third-order valence-corrected chi connectivity index (χ3v) is 4.37. The number of hydrogen-bond donors (Lipinski definition) is 1. The molecule has 0 spiro atoms. The highest BCUT2D eigenvalue weighted by Crippen LogP contribution is 2.18. The van der Waals surface area contributed by atoms with Gasteiger partial charge < -0.3 is 10.1 Å². The highest BCUT2D eigenvalue weighted by atomic mass is 16.5. The average molecular weight is 341 g/mol. The molecule has 2 rings (SSSR count). The van der Waals surface area contributed by atoms with E-state index in [0.717, 1.165) is 37.7 Å². The molecule has 1 N–H and O–H groups in total. The van der Waals surface area contributed by atoms with Crippen LogP contribution in [0.25, 0.3) is 10.8 Å². The number of ether oxygens (including phenoxy) is 1. The summed E-state index contributed by atoms with van der Waals surface area (Å²) in [5.41, 5.74) is 1.15. The largest absolute Gasteiger partial charge is 0.469 e. The van der Waals surface area contributed by atoms with Crippen LogP contribution in [-0.2, 0) is 20.9 Å². The van der Waals surface area contributed by atoms with Crippen molar-refractivity contribution in [2.75, 3.05) is 7.11 Å². The van der Waals surface area contributed by atoms with Gasteiger partial charge in [0.1, 0.15) is 0 Å². The van der Waals surface area contributed by atoms with E-state index in [-0.39, 0.29) is 11.9 Å². The molecule has 0 unspecified atom stereocenters. The van der Waals surface area contributed by atoms with Crippen LogP contribution in [0, 0.1) is 0 Å². The zero-order valence-electron chi connectivity index (χ0n) is 14.9. The lowest BCUT2D eigenvalue weighted by atomic mass is 10.0. The predicted octanol–water partition coefficient (Wildman–Crippen LogP) is 4.36. The maximum atomic E-state index is 12.0. The van der Waals surface area contributed by atoms with Gasteiger partial charge in [0.2, 0.25) is 5.91 Å². The molecule has 1 amide bonds. The van der Waals surface area contributed by atoms with E-state index >= 15 is 0 Å². The fraction of sp³-hybridized carbons (Fsp3) is 0.429. The molecule has 25 heavy (non-hydrogen) atoms. The highest BCUT2D eigenvalue weighted by molar-refractivity contribution is 5.86. The molecule has 0 aliphatic rings. The fourth-order valence-electron chi connectivity index (χ4n) is 2.92. The van der Waals surface area contributed by atoms with Crippen LogP contribution in [0.1, 0.15) is 50.5 Å². The predicted molar refractivity (Wildman–Crippen MR) is 100 cm³/mol. The molecule has 0 saturated carbocycles. The smallest absolute Gasteiger partial charge is 0.305 e. The molecule has 2 aromatic rings. The molecular formula is C21H27NO3. The Kier molecular flexibility index (Phi) is 7.96. The van der Waals surface area contributed by atoms with E-state index in [2.05, 4.69) is 34.3 Å². The number of benzene rings is 2. The molecule has 4 heteroatoms. The number of methoxy groups -OCH3 is 1. The van der Waals surface area contributed by atoms with Gasteiger partial charge in [-0.3, -0.25) is 9.59 Å². The van der Waals surface area contributed by atoms with Crippen LogP contribution in [-0.4, -0.2) is 19.0 Å². The summed E-state index contributed by atoms with van der Waals surface area (Å²) in [7, 11) is 1.42. The van der Waals surface area contributed by atoms with Crippen molar-refractivity contribution in [3.63, 3.8) is 0 Å². The van der Waals surface area contributed by atoms with Gasteiger partial charge in [-0.05, 0) is 29.2 Å². The van der Waals surface area contributed by atoms with Gasteiger partial charge in [-0.1, -0.05) is 61.7 Å². The molecule has 0 aliphatic carbocycles. The topological polar surface area (TPSA) is 55.4 Å². The first-order valence-electron chi connectivity index (χ1n) is 9.01. The third kappa shape index (κ3) is 6.57. The summed E-state index contributed by atoms with van der Waals surface area (Å²) in [5.74, 6) is -0.0460. The second-order valence-electron chi connectivity index (χ2n) is 6.26. The SMILES string of the molecule is COC(=O)CCCCCCCC(=O)NCc1cccc2ccccc12. The van der Waals surface area contributed by atoms with Gasteiger partial charge in [-0.25, -0.2) is 0 Å². The number of nitrogens with one attached hydrogen (secondary N) is 1. The van der Waals surface area contributed by atoms with E-state index in [4.69, 9.17) is 0 Å². The number of fused-ring (bicyclic) bond motifs is 1. The number of hydrogen-bond acceptors (Lipinski definition) is 3. The van der Waals surface area contributed by atoms with Crippen molar-refractivity contribution in [2.45, 2.75) is 51.5 Å². The number of rotatable bonds is 10. The normalized spacial score (nSPS) is 10.6. The molecule has 4 nitrogen and oxygen atoms in total. The number of unbranched alkanes of at least 4 members (excludes halogenated alkanes) is 4. The second-order valence-corrected chi connectivity index (χ2v) is 6.26. The van der Waals surface area contributed by atoms with Gasteiger partial charge in [0, 0.05) is 19.4 Å². The zero-order chi connectivity index (χ0) is 17.9. The van der Waals surface area contributed by atoms with Crippen LogP contribution < -0.4 is 5.32 Å². The van der Waals surface area contributed by atoms with Gasteiger partial charge in [0.05, 0.1) is 7.11 Å². The monoisotopic (exact) mass is 341 g/mol. The van der Waals surface area contributed by atoms with Crippen LogP contribution in [0.5, 0.6) is 0 Å². The van der Waals surface area contributed by atoms with Gasteiger partial charge in [0.15, 0.2) is 0 Å². The number of carbonyl (C=O) groups is 2. The summed E-state index contributed by atoms with van der Waals surface area (Å²) >= 11 is 0. The maximum Gasteiger partial charge on any atom is 0.305 e. The van der Waals surface area contributed by atoms with Crippen LogP contribution >= 0.6 is 0 Å². The summed E-state index contributed by atoms with van der Waals surface area (Å²) in [4.78, 5) is 23.0. The van der Waals surface area contributed by atoms with E-state index in [9.17, 15) is 9.59 Å². The molecule has 2 aromatic carbocycles. The van der Waals surface area contributed by atoms with Gasteiger partial charge in [0.25, 0.3) is 0 Å². The van der Waals surface area contributed by atoms with Crippen molar-refractivity contribution < 1.29 is 14.3 Å². The van der Waals surface area contributed by atoms with Crippen LogP contribution in [0.2, 0.25) is 0 Å². The Morgan fingerprint density at radius 3 is 2.36 bits per heavy atom. The minimum Gasteiger partial charge on any atom is -0.469 e. The standard InChI is InChI=1S/C21H27NO3/c1-25-21(24)15-6-4-2-3-5-14-20(23)22-16-18-12-9-11-17-10-7-8-13-19(17)18/h7-13H,2-6,14-16H2,1H3,(H,22,23). The maximum absolute atomic E-state index is 12.0. The Balaban J connectivity index is 1.62. The van der Waals surface area contributed by atoms with Crippen molar-refractivity contribution in [3.05, 3.63) is 48.0 Å². The Morgan fingerprint density at radius 2 is 1.56 bits per heavy atom. The van der Waals surface area contributed by atoms with Crippen molar-refractivity contribution in [2.24, 2.45) is 0 Å². The van der Waals surface area contributed by atoms with E-state index in [1.54, 1.807) is 0 Å². The summed E-state index contributed by atoms with van der Waals surface area (Å²) in [5, 5.41) is 5.40. The van der Waals surface area contributed by atoms with Crippen molar-refractivity contribution >= 4 is 22.6 Å². The van der Waals surface area contributed by atoms with Gasteiger partial charge in [-0.2, -0.15) is 0 Å². The average Bonchev–Trinajstić information content (AvgIpc) is 2.65. The molecule has 0 aromatic heterocycles. The minimum atomic E-state index is -0.146. The molecular weight excluding hydrogens is 314 g/mol. The van der Waals surface area contributed by atoms with Crippen molar-refractivity contribution in [3.8, 4) is 0 Å². The van der Waals surface area contributed by atoms with Crippen LogP contribution in [0.15, 0.2) is 42.5 Å². The van der Waals surface area contributed by atoms with Crippen LogP contribution in [0.4, 0.5) is 0 Å². The first kappa shape index (κ1) is 19.0. The minimum absolute atomic E-state index is 0.0995. The summed E-state index contributed by atoms with van der Waals surface area (Å²) < 4.78 is 4.61. The summed E-state index contributed by atoms with van der Waals surface area (Å²) in [6.45, 7) is 0.569. The first-order chi connectivity index (χ1) is 12.2. The molecule has 0 bridgehead atoms. The van der Waals surface area contributed by atoms with Gasteiger partial charge in [-0.15, -0.1) is 0 Å². The molecule has 0 saturated heterocycles. The zero-order valence-corrected chi connectivity index (χ0v) is 14.9. The molecule has 0 aliphatic heterocycles. The molecule has 134 valence electrons. The highest BCUT2D eigenvalue weighted by Gasteiger charge is 2.04. The van der Waals surface area contributed by atoms with Crippen molar-refractivity contribution in [1.82, 2.24) is 5.32 Å². The second kappa shape index (κ2) is 10.5. The number of amides is 1. The third-order valence-electron chi connectivity index (χ3n) is 4.37. The Morgan fingerprint density at radius 1 is 0.880 bits per heavy atom. The Labute approximate surface area is 149 Å². The molecule has 0 radical (unpaired) electrons. The van der Waals surface area contributed by atoms with E-state index in [1.807, 2.05) is 18.2 Å². The van der Waals surface area contributed by atoms with E-state index < -0.39 is 0 Å². The van der Waals surface area contributed by atoms with Gasteiger partial charge >= 0.3 is 5.97 Å².